The van der Waals surface area contributed by atoms with Crippen molar-refractivity contribution in [3.63, 3.8) is 0 Å². The van der Waals surface area contributed by atoms with Crippen LogP contribution >= 0.6 is 0 Å². The molecule has 128 valence electrons. The maximum absolute atomic E-state index is 12.2. The number of anilines is 2. The molecule has 1 aromatic carbocycles. The summed E-state index contributed by atoms with van der Waals surface area (Å²) in [5.74, 6) is 0.659. The predicted octanol–water partition coefficient (Wildman–Crippen LogP) is 2.67. The Bertz CT molecular complexity index is 914. The van der Waals surface area contributed by atoms with Gasteiger partial charge in [-0.1, -0.05) is 24.2 Å². The van der Waals surface area contributed by atoms with E-state index in [1.807, 2.05) is 50.5 Å². The molecular formula is C18H19N5O2. The molecule has 4 rings (SSSR count). The molecule has 1 amide bonds. The Balaban J connectivity index is 1.61. The first-order valence-electron chi connectivity index (χ1n) is 8.19. The fourth-order valence-electron chi connectivity index (χ4n) is 3.04. The molecule has 1 aliphatic rings. The second-order valence-corrected chi connectivity index (χ2v) is 6.37. The van der Waals surface area contributed by atoms with Gasteiger partial charge in [-0.25, -0.2) is 0 Å². The van der Waals surface area contributed by atoms with E-state index in [0.717, 1.165) is 28.4 Å². The van der Waals surface area contributed by atoms with Gasteiger partial charge in [0.15, 0.2) is 5.76 Å². The molecule has 7 heteroatoms. The molecule has 25 heavy (non-hydrogen) atoms. The molecule has 0 saturated carbocycles. The summed E-state index contributed by atoms with van der Waals surface area (Å²) in [6.45, 7) is 3.09. The molecule has 1 N–H and O–H groups in total. The van der Waals surface area contributed by atoms with Crippen molar-refractivity contribution in [2.45, 2.75) is 13.5 Å². The molecule has 1 aliphatic heterocycles. The van der Waals surface area contributed by atoms with E-state index in [4.69, 9.17) is 4.52 Å². The molecule has 0 aliphatic carbocycles. The highest BCUT2D eigenvalue weighted by Crippen LogP contribution is 2.31. The third-order valence-electron chi connectivity index (χ3n) is 4.35. The van der Waals surface area contributed by atoms with Gasteiger partial charge in [-0.05, 0) is 12.1 Å². The van der Waals surface area contributed by atoms with Crippen LogP contribution in [0.4, 0.5) is 11.4 Å². The summed E-state index contributed by atoms with van der Waals surface area (Å²) in [7, 11) is 1.87. The Morgan fingerprint density at radius 1 is 1.36 bits per heavy atom. The highest BCUT2D eigenvalue weighted by molar-refractivity contribution is 5.97. The Labute approximate surface area is 145 Å². The Hall–Kier alpha value is -3.09. The lowest BCUT2D eigenvalue weighted by Gasteiger charge is -2.24. The number of para-hydroxylation sites is 2. The Morgan fingerprint density at radius 2 is 2.20 bits per heavy atom. The first-order valence-corrected chi connectivity index (χ1v) is 8.19. The largest absolute Gasteiger partial charge is 0.361 e. The van der Waals surface area contributed by atoms with Gasteiger partial charge >= 0.3 is 0 Å². The van der Waals surface area contributed by atoms with Crippen molar-refractivity contribution < 1.29 is 9.32 Å². The number of benzene rings is 1. The van der Waals surface area contributed by atoms with Gasteiger partial charge in [-0.15, -0.1) is 0 Å². The number of aromatic nitrogens is 3. The third-order valence-corrected chi connectivity index (χ3v) is 4.35. The highest BCUT2D eigenvalue weighted by Gasteiger charge is 2.25. The molecule has 0 spiro atoms. The van der Waals surface area contributed by atoms with Gasteiger partial charge < -0.3 is 14.7 Å². The first kappa shape index (κ1) is 15.4. The van der Waals surface area contributed by atoms with Gasteiger partial charge in [0.2, 0.25) is 5.91 Å². The highest BCUT2D eigenvalue weighted by atomic mass is 16.5. The van der Waals surface area contributed by atoms with Crippen LogP contribution in [0.25, 0.3) is 11.3 Å². The van der Waals surface area contributed by atoms with Crippen LogP contribution in [0.3, 0.4) is 0 Å². The van der Waals surface area contributed by atoms with E-state index in [9.17, 15) is 4.79 Å². The average molecular weight is 337 g/mol. The van der Waals surface area contributed by atoms with E-state index < -0.39 is 0 Å². The number of hydrogen-bond acceptors (Lipinski definition) is 5. The van der Waals surface area contributed by atoms with Crippen molar-refractivity contribution in [3.05, 3.63) is 48.5 Å². The summed E-state index contributed by atoms with van der Waals surface area (Å²) in [6, 6.07) is 9.73. The normalized spacial score (nSPS) is 17.1. The number of carbonyl (C=O) groups is 1. The minimum atomic E-state index is -0.117. The van der Waals surface area contributed by atoms with Crippen molar-refractivity contribution in [2.24, 2.45) is 13.0 Å². The first-order chi connectivity index (χ1) is 12.1. The zero-order valence-electron chi connectivity index (χ0n) is 14.1. The Morgan fingerprint density at radius 3 is 3.00 bits per heavy atom. The molecule has 1 atom stereocenters. The van der Waals surface area contributed by atoms with Crippen LogP contribution < -0.4 is 10.2 Å². The van der Waals surface area contributed by atoms with Gasteiger partial charge in [0, 0.05) is 31.4 Å². The molecular weight excluding hydrogens is 318 g/mol. The minimum absolute atomic E-state index is 0.0311. The number of amides is 1. The Kier molecular flexibility index (Phi) is 3.76. The molecule has 2 aromatic heterocycles. The van der Waals surface area contributed by atoms with Crippen LogP contribution in [0, 0.1) is 5.92 Å². The molecule has 0 fully saturated rings. The van der Waals surface area contributed by atoms with Crippen molar-refractivity contribution >= 4 is 17.3 Å². The van der Waals surface area contributed by atoms with Crippen LogP contribution in [0.15, 0.2) is 47.2 Å². The minimum Gasteiger partial charge on any atom is -0.361 e. The average Bonchev–Trinajstić information content (AvgIpc) is 3.21. The van der Waals surface area contributed by atoms with E-state index >= 15 is 0 Å². The van der Waals surface area contributed by atoms with Gasteiger partial charge in [-0.3, -0.25) is 9.48 Å². The lowest BCUT2D eigenvalue weighted by Crippen LogP contribution is -2.30. The zero-order chi connectivity index (χ0) is 17.4. The number of hydrogen-bond donors (Lipinski definition) is 1. The lowest BCUT2D eigenvalue weighted by molar-refractivity contribution is -0.119. The maximum atomic E-state index is 12.2. The second-order valence-electron chi connectivity index (χ2n) is 6.37. The standard InChI is InChI=1S/C18H19N5O2/c1-12-9-23(17-6-4-3-5-15(17)20-18(12)24)11-14-7-16(21-25-14)13-8-19-22(2)10-13/h3-8,10,12H,9,11H2,1-2H3,(H,20,24). The molecule has 0 bridgehead atoms. The predicted molar refractivity (Wildman–Crippen MR) is 94.0 cm³/mol. The number of rotatable bonds is 3. The topological polar surface area (TPSA) is 76.2 Å². The fourth-order valence-corrected chi connectivity index (χ4v) is 3.04. The summed E-state index contributed by atoms with van der Waals surface area (Å²) in [5.41, 5.74) is 3.48. The van der Waals surface area contributed by atoms with Crippen molar-refractivity contribution in [2.75, 3.05) is 16.8 Å². The van der Waals surface area contributed by atoms with Gasteiger partial charge in [0.25, 0.3) is 0 Å². The van der Waals surface area contributed by atoms with E-state index in [-0.39, 0.29) is 11.8 Å². The summed E-state index contributed by atoms with van der Waals surface area (Å²) >= 11 is 0. The summed E-state index contributed by atoms with van der Waals surface area (Å²) in [6.07, 6.45) is 3.65. The van der Waals surface area contributed by atoms with E-state index in [1.54, 1.807) is 10.9 Å². The van der Waals surface area contributed by atoms with Gasteiger partial charge in [0.1, 0.15) is 5.69 Å². The van der Waals surface area contributed by atoms with Crippen LogP contribution in [0.1, 0.15) is 12.7 Å². The zero-order valence-corrected chi connectivity index (χ0v) is 14.1. The van der Waals surface area contributed by atoms with Gasteiger partial charge in [0.05, 0.1) is 30.0 Å². The third kappa shape index (κ3) is 3.00. The SMILES string of the molecule is CC1CN(Cc2cc(-c3cnn(C)c3)no2)c2ccccc2NC1=O. The number of aryl methyl sites for hydroxylation is 1. The van der Waals surface area contributed by atoms with Crippen molar-refractivity contribution in [3.8, 4) is 11.3 Å². The molecule has 0 radical (unpaired) electrons. The monoisotopic (exact) mass is 337 g/mol. The molecule has 0 saturated heterocycles. The number of nitrogens with one attached hydrogen (secondary N) is 1. The maximum Gasteiger partial charge on any atom is 0.229 e. The number of nitrogens with zero attached hydrogens (tertiary/aromatic N) is 4. The van der Waals surface area contributed by atoms with Crippen LogP contribution in [-0.2, 0) is 18.4 Å². The van der Waals surface area contributed by atoms with E-state index in [2.05, 4.69) is 20.5 Å². The quantitative estimate of drug-likeness (QED) is 0.795. The van der Waals surface area contributed by atoms with Crippen LogP contribution in [0.5, 0.6) is 0 Å². The van der Waals surface area contributed by atoms with Crippen LogP contribution in [-0.4, -0.2) is 27.4 Å². The summed E-state index contributed by atoms with van der Waals surface area (Å²) in [5, 5.41) is 11.3. The molecule has 3 heterocycles. The molecule has 1 unspecified atom stereocenters. The van der Waals surface area contributed by atoms with Gasteiger partial charge in [-0.2, -0.15) is 5.10 Å². The molecule has 3 aromatic rings. The summed E-state index contributed by atoms with van der Waals surface area (Å²) < 4.78 is 7.24. The fraction of sp³-hybridized carbons (Fsp3) is 0.278. The van der Waals surface area contributed by atoms with E-state index in [1.165, 1.54) is 0 Å². The number of carbonyl (C=O) groups excluding carboxylic acids is 1. The molecule has 7 nitrogen and oxygen atoms in total. The number of fused-ring (bicyclic) bond motifs is 1. The smallest absolute Gasteiger partial charge is 0.229 e. The lowest BCUT2D eigenvalue weighted by atomic mass is 10.1. The van der Waals surface area contributed by atoms with Crippen molar-refractivity contribution in [1.29, 1.82) is 0 Å². The second kappa shape index (κ2) is 6.08. The van der Waals surface area contributed by atoms with Crippen molar-refractivity contribution in [1.82, 2.24) is 14.9 Å². The van der Waals surface area contributed by atoms with E-state index in [0.29, 0.717) is 13.1 Å². The van der Waals surface area contributed by atoms with Crippen LogP contribution in [0.2, 0.25) is 0 Å². The summed E-state index contributed by atoms with van der Waals surface area (Å²) in [4.78, 5) is 14.3.